The zero-order valence-corrected chi connectivity index (χ0v) is 18.1. The number of nitrogens with zero attached hydrogens (tertiary/aromatic N) is 1. The number of rotatable bonds is 11. The van der Waals surface area contributed by atoms with Gasteiger partial charge in [0.2, 0.25) is 5.91 Å². The summed E-state index contributed by atoms with van der Waals surface area (Å²) in [6.45, 7) is 2.92. The molecule has 2 aromatic carbocycles. The number of carbonyl (C=O) groups is 3. The molecule has 0 aliphatic heterocycles. The van der Waals surface area contributed by atoms with E-state index in [1.165, 1.54) is 0 Å². The van der Waals surface area contributed by atoms with Crippen LogP contribution in [0.2, 0.25) is 5.02 Å². The molecule has 0 saturated carbocycles. The van der Waals surface area contributed by atoms with Gasteiger partial charge in [-0.05, 0) is 31.7 Å². The molecule has 0 unspecified atom stereocenters. The van der Waals surface area contributed by atoms with Gasteiger partial charge in [-0.15, -0.1) is 0 Å². The molecule has 0 bridgehead atoms. The molecule has 0 spiro atoms. The summed E-state index contributed by atoms with van der Waals surface area (Å²) in [5.41, 5.74) is 1.23. The van der Waals surface area contributed by atoms with Crippen molar-refractivity contribution in [2.45, 2.75) is 26.2 Å². The van der Waals surface area contributed by atoms with Crippen LogP contribution >= 0.6 is 11.6 Å². The number of likely N-dealkylation sites (N-methyl/N-ethyl adjacent to an activating group) is 1. The van der Waals surface area contributed by atoms with Gasteiger partial charge in [-0.3, -0.25) is 19.3 Å². The number of ether oxygens (including phenoxy) is 1. The van der Waals surface area contributed by atoms with Gasteiger partial charge in [-0.25, -0.2) is 0 Å². The molecule has 0 atom stereocenters. The highest BCUT2D eigenvalue weighted by Gasteiger charge is 2.17. The third kappa shape index (κ3) is 7.61. The van der Waals surface area contributed by atoms with Crippen molar-refractivity contribution in [3.8, 4) is 0 Å². The number of hydrogen-bond donors (Lipinski definition) is 1. The summed E-state index contributed by atoms with van der Waals surface area (Å²) in [4.78, 5) is 38.7. The molecule has 0 aliphatic rings. The van der Waals surface area contributed by atoms with Crippen molar-refractivity contribution in [3.63, 3.8) is 0 Å². The van der Waals surface area contributed by atoms with E-state index in [1.54, 1.807) is 54.4 Å². The van der Waals surface area contributed by atoms with Gasteiger partial charge in [-0.1, -0.05) is 55.3 Å². The topological polar surface area (TPSA) is 75.7 Å². The van der Waals surface area contributed by atoms with Gasteiger partial charge in [0, 0.05) is 22.7 Å². The fourth-order valence-electron chi connectivity index (χ4n) is 2.76. The number of carbonyl (C=O) groups excluding carboxylic acids is 3. The molecular weight excluding hydrogens is 404 g/mol. The van der Waals surface area contributed by atoms with E-state index in [0.717, 1.165) is 12.8 Å². The van der Waals surface area contributed by atoms with Crippen molar-refractivity contribution in [1.29, 1.82) is 0 Å². The number of esters is 1. The van der Waals surface area contributed by atoms with Crippen LogP contribution < -0.4 is 5.32 Å². The Bertz CT molecular complexity index is 871. The Labute approximate surface area is 182 Å². The summed E-state index contributed by atoms with van der Waals surface area (Å²) < 4.78 is 5.11. The van der Waals surface area contributed by atoms with E-state index in [1.807, 2.05) is 13.0 Å². The van der Waals surface area contributed by atoms with Gasteiger partial charge in [0.25, 0.3) is 0 Å². The molecular formula is C23H27ClN2O4. The minimum Gasteiger partial charge on any atom is -0.466 e. The molecule has 0 saturated heterocycles. The molecule has 2 aromatic rings. The summed E-state index contributed by atoms with van der Waals surface area (Å²) in [5, 5.41) is 3.18. The van der Waals surface area contributed by atoms with E-state index < -0.39 is 0 Å². The summed E-state index contributed by atoms with van der Waals surface area (Å²) in [6, 6.07) is 13.6. The smallest absolute Gasteiger partial charge is 0.307 e. The van der Waals surface area contributed by atoms with E-state index in [0.29, 0.717) is 35.0 Å². The van der Waals surface area contributed by atoms with Crippen LogP contribution in [0, 0.1) is 0 Å². The average molecular weight is 431 g/mol. The van der Waals surface area contributed by atoms with Crippen molar-refractivity contribution in [3.05, 3.63) is 64.7 Å². The maximum absolute atomic E-state index is 12.8. The minimum absolute atomic E-state index is 0.0732. The lowest BCUT2D eigenvalue weighted by molar-refractivity contribution is -0.144. The largest absolute Gasteiger partial charge is 0.466 e. The Hall–Kier alpha value is -2.70. The van der Waals surface area contributed by atoms with Gasteiger partial charge in [-0.2, -0.15) is 0 Å². The maximum Gasteiger partial charge on any atom is 0.307 e. The van der Waals surface area contributed by atoms with Crippen LogP contribution in [-0.2, 0) is 14.3 Å². The van der Waals surface area contributed by atoms with Crippen LogP contribution in [0.1, 0.15) is 42.1 Å². The molecule has 160 valence electrons. The first-order valence-corrected chi connectivity index (χ1v) is 10.3. The van der Waals surface area contributed by atoms with E-state index in [2.05, 4.69) is 5.32 Å². The third-order valence-corrected chi connectivity index (χ3v) is 4.64. The van der Waals surface area contributed by atoms with Gasteiger partial charge >= 0.3 is 5.97 Å². The highest BCUT2D eigenvalue weighted by molar-refractivity contribution is 6.31. The zero-order chi connectivity index (χ0) is 21.9. The molecule has 6 nitrogen and oxygen atoms in total. The summed E-state index contributed by atoms with van der Waals surface area (Å²) in [6.07, 6.45) is 2.02. The quantitative estimate of drug-likeness (QED) is 0.329. The maximum atomic E-state index is 12.8. The summed E-state index contributed by atoms with van der Waals surface area (Å²) in [7, 11) is 1.75. The Morgan fingerprint density at radius 1 is 1.10 bits per heavy atom. The Morgan fingerprint density at radius 3 is 2.53 bits per heavy atom. The van der Waals surface area contributed by atoms with Crippen molar-refractivity contribution < 1.29 is 19.1 Å². The first-order chi connectivity index (χ1) is 14.4. The van der Waals surface area contributed by atoms with Crippen molar-refractivity contribution in [1.82, 2.24) is 4.90 Å². The lowest BCUT2D eigenvalue weighted by atomic mass is 10.0. The number of ketones is 1. The van der Waals surface area contributed by atoms with Gasteiger partial charge in [0.1, 0.15) is 0 Å². The normalized spacial score (nSPS) is 10.7. The van der Waals surface area contributed by atoms with Gasteiger partial charge in [0.15, 0.2) is 5.78 Å². The van der Waals surface area contributed by atoms with E-state index >= 15 is 0 Å². The average Bonchev–Trinajstić information content (AvgIpc) is 2.74. The van der Waals surface area contributed by atoms with E-state index in [9.17, 15) is 14.4 Å². The van der Waals surface area contributed by atoms with E-state index in [4.69, 9.17) is 16.3 Å². The summed E-state index contributed by atoms with van der Waals surface area (Å²) in [5.74, 6) is -0.790. The SMILES string of the molecule is CCCCOC(=O)CCN(C)CC(=O)Nc1ccc(Cl)cc1C(=O)c1ccccc1. The molecule has 1 N–H and O–H groups in total. The Kier molecular flexibility index (Phi) is 9.51. The van der Waals surface area contributed by atoms with Gasteiger partial charge in [0.05, 0.1) is 25.3 Å². The number of halogens is 1. The first-order valence-electron chi connectivity index (χ1n) is 9.94. The van der Waals surface area contributed by atoms with E-state index in [-0.39, 0.29) is 30.6 Å². The predicted molar refractivity (Wildman–Crippen MR) is 118 cm³/mol. The molecule has 0 fully saturated rings. The van der Waals surface area contributed by atoms with Crippen molar-refractivity contribution >= 4 is 34.9 Å². The fraction of sp³-hybridized carbons (Fsp3) is 0.348. The third-order valence-electron chi connectivity index (χ3n) is 4.41. The number of unbranched alkanes of at least 4 members (excludes halogenated alkanes) is 1. The van der Waals surface area contributed by atoms with Crippen LogP contribution in [0.15, 0.2) is 48.5 Å². The molecule has 30 heavy (non-hydrogen) atoms. The second kappa shape index (κ2) is 12.1. The highest BCUT2D eigenvalue weighted by atomic mass is 35.5. The molecule has 0 heterocycles. The molecule has 0 radical (unpaired) electrons. The minimum atomic E-state index is -0.290. The van der Waals surface area contributed by atoms with Crippen molar-refractivity contribution in [2.75, 3.05) is 32.1 Å². The number of anilines is 1. The number of benzene rings is 2. The molecule has 0 aromatic heterocycles. The van der Waals surface area contributed by atoms with Crippen LogP contribution in [0.3, 0.4) is 0 Å². The van der Waals surface area contributed by atoms with Crippen LogP contribution in [0.25, 0.3) is 0 Å². The molecule has 0 aliphatic carbocycles. The van der Waals surface area contributed by atoms with Crippen LogP contribution in [-0.4, -0.2) is 49.3 Å². The Morgan fingerprint density at radius 2 is 1.83 bits per heavy atom. The number of amides is 1. The fourth-order valence-corrected chi connectivity index (χ4v) is 2.93. The lowest BCUT2D eigenvalue weighted by Gasteiger charge is -2.17. The summed E-state index contributed by atoms with van der Waals surface area (Å²) >= 11 is 6.07. The second-order valence-electron chi connectivity index (χ2n) is 7.00. The first kappa shape index (κ1) is 23.6. The predicted octanol–water partition coefficient (Wildman–Crippen LogP) is 4.17. The highest BCUT2D eigenvalue weighted by Crippen LogP contribution is 2.23. The van der Waals surface area contributed by atoms with Crippen LogP contribution in [0.4, 0.5) is 5.69 Å². The Balaban J connectivity index is 1.95. The molecule has 7 heteroatoms. The van der Waals surface area contributed by atoms with Crippen LogP contribution in [0.5, 0.6) is 0 Å². The molecule has 2 rings (SSSR count). The second-order valence-corrected chi connectivity index (χ2v) is 7.43. The standard InChI is InChI=1S/C23H27ClN2O4/c1-3-4-14-30-22(28)12-13-26(2)16-21(27)25-20-11-10-18(24)15-19(20)23(29)17-8-6-5-7-9-17/h5-11,15H,3-4,12-14,16H2,1-2H3,(H,25,27). The monoisotopic (exact) mass is 430 g/mol. The number of hydrogen-bond acceptors (Lipinski definition) is 5. The van der Waals surface area contributed by atoms with Gasteiger partial charge < -0.3 is 10.1 Å². The molecule has 1 amide bonds. The lowest BCUT2D eigenvalue weighted by Crippen LogP contribution is -2.32. The van der Waals surface area contributed by atoms with Crippen molar-refractivity contribution in [2.24, 2.45) is 0 Å². The zero-order valence-electron chi connectivity index (χ0n) is 17.3. The number of nitrogens with one attached hydrogen (secondary N) is 1.